The summed E-state index contributed by atoms with van der Waals surface area (Å²) in [6, 6.07) is 13.2. The van der Waals surface area contributed by atoms with Crippen molar-refractivity contribution in [2.24, 2.45) is 0 Å². The third-order valence-electron chi connectivity index (χ3n) is 6.09. The zero-order valence-corrected chi connectivity index (χ0v) is 19.4. The van der Waals surface area contributed by atoms with Crippen molar-refractivity contribution in [2.45, 2.75) is 51.5 Å². The lowest BCUT2D eigenvalue weighted by Crippen LogP contribution is -2.37. The van der Waals surface area contributed by atoms with E-state index in [1.807, 2.05) is 19.9 Å². The molecule has 0 bridgehead atoms. The van der Waals surface area contributed by atoms with Gasteiger partial charge in [-0.2, -0.15) is 9.78 Å². The number of carbonyl (C=O) groups is 2. The maximum absolute atomic E-state index is 12.8. The van der Waals surface area contributed by atoms with E-state index in [9.17, 15) is 14.7 Å². The molecule has 1 unspecified atom stereocenters. The highest BCUT2D eigenvalue weighted by Gasteiger charge is 2.28. The molecule has 1 aromatic heterocycles. The molecule has 33 heavy (non-hydrogen) atoms. The van der Waals surface area contributed by atoms with Crippen LogP contribution in [0, 0.1) is 0 Å². The molecule has 0 aliphatic heterocycles. The Labute approximate surface area is 197 Å². The van der Waals surface area contributed by atoms with Gasteiger partial charge in [0, 0.05) is 29.3 Å². The van der Waals surface area contributed by atoms with E-state index in [0.717, 1.165) is 31.4 Å². The van der Waals surface area contributed by atoms with Gasteiger partial charge in [0.2, 0.25) is 0 Å². The first-order valence-electron chi connectivity index (χ1n) is 11.2. The average molecular weight is 467 g/mol. The van der Waals surface area contributed by atoms with E-state index < -0.39 is 0 Å². The quantitative estimate of drug-likeness (QED) is 0.428. The van der Waals surface area contributed by atoms with Crippen molar-refractivity contribution in [1.82, 2.24) is 15.1 Å². The molecule has 0 radical (unpaired) electrons. The number of anilines is 1. The van der Waals surface area contributed by atoms with Gasteiger partial charge in [-0.15, -0.1) is 0 Å². The smallest absolute Gasteiger partial charge is 0.342 e. The minimum Gasteiger partial charge on any atom is -0.507 e. The van der Waals surface area contributed by atoms with Crippen molar-refractivity contribution >= 4 is 29.2 Å². The molecule has 0 saturated heterocycles. The van der Waals surface area contributed by atoms with E-state index in [4.69, 9.17) is 11.6 Å². The Bertz CT molecular complexity index is 1190. The molecular formula is C25H27ClN4O3. The normalized spacial score (nSPS) is 14.4. The average Bonchev–Trinajstić information content (AvgIpc) is 3.17. The third-order valence-corrected chi connectivity index (χ3v) is 6.41. The second kappa shape index (κ2) is 9.67. The van der Waals surface area contributed by atoms with Crippen LogP contribution in [0.4, 0.5) is 10.5 Å². The van der Waals surface area contributed by atoms with Crippen LogP contribution in [-0.4, -0.2) is 32.9 Å². The summed E-state index contributed by atoms with van der Waals surface area (Å²) in [4.78, 5) is 25.3. The summed E-state index contributed by atoms with van der Waals surface area (Å²) in [7, 11) is 0. The Morgan fingerprint density at radius 3 is 2.61 bits per heavy atom. The number of amides is 2. The highest BCUT2D eigenvalue weighted by Crippen LogP contribution is 2.39. The van der Waals surface area contributed by atoms with Crippen molar-refractivity contribution < 1.29 is 14.7 Å². The van der Waals surface area contributed by atoms with Crippen molar-refractivity contribution in [3.05, 3.63) is 64.8 Å². The Morgan fingerprint density at radius 1 is 1.21 bits per heavy atom. The second-order valence-corrected chi connectivity index (χ2v) is 8.83. The van der Waals surface area contributed by atoms with Gasteiger partial charge in [-0.3, -0.25) is 4.79 Å². The Hall–Kier alpha value is -3.32. The van der Waals surface area contributed by atoms with Gasteiger partial charge in [-0.25, -0.2) is 4.79 Å². The fourth-order valence-electron chi connectivity index (χ4n) is 3.73. The first-order chi connectivity index (χ1) is 15.9. The number of phenolic OH excluding ortho intramolecular Hbond substituents is 1. The summed E-state index contributed by atoms with van der Waals surface area (Å²) < 4.78 is 1.43. The maximum Gasteiger partial charge on any atom is 0.342 e. The van der Waals surface area contributed by atoms with E-state index in [2.05, 4.69) is 15.7 Å². The summed E-state index contributed by atoms with van der Waals surface area (Å²) in [6.07, 6.45) is 3.98. The standard InChI is InChI=1S/C25H27ClN4O3/c1-3-15(2)27-25(33)30-22(16-7-6-8-16)14-21(29-30)19-12-11-17(13-23(19)31)28-24(32)18-9-4-5-10-20(18)26/h4-5,9-16,31H,3,6-8H2,1-2H3,(H,27,33)(H,28,32). The van der Waals surface area contributed by atoms with Crippen LogP contribution < -0.4 is 10.6 Å². The van der Waals surface area contributed by atoms with Gasteiger partial charge >= 0.3 is 6.03 Å². The molecule has 4 rings (SSSR count). The van der Waals surface area contributed by atoms with Crippen LogP contribution in [0.3, 0.4) is 0 Å². The first kappa shape index (κ1) is 22.9. The van der Waals surface area contributed by atoms with Crippen molar-refractivity contribution in [1.29, 1.82) is 0 Å². The van der Waals surface area contributed by atoms with Gasteiger partial charge in [-0.05, 0) is 56.5 Å². The maximum atomic E-state index is 12.8. The number of rotatable bonds is 6. The van der Waals surface area contributed by atoms with E-state index in [1.54, 1.807) is 36.4 Å². The van der Waals surface area contributed by atoms with Gasteiger partial charge < -0.3 is 15.7 Å². The number of phenols is 1. The molecule has 172 valence electrons. The van der Waals surface area contributed by atoms with Crippen LogP contribution in [0.15, 0.2) is 48.5 Å². The van der Waals surface area contributed by atoms with Crippen LogP contribution in [0.1, 0.15) is 61.5 Å². The number of aromatic hydroxyl groups is 1. The zero-order valence-electron chi connectivity index (χ0n) is 18.6. The van der Waals surface area contributed by atoms with Crippen molar-refractivity contribution in [2.75, 3.05) is 5.32 Å². The van der Waals surface area contributed by atoms with Crippen LogP contribution in [0.2, 0.25) is 5.02 Å². The molecule has 1 aliphatic rings. The number of benzene rings is 2. The van der Waals surface area contributed by atoms with Crippen LogP contribution in [0.25, 0.3) is 11.3 Å². The second-order valence-electron chi connectivity index (χ2n) is 8.42. The van der Waals surface area contributed by atoms with E-state index >= 15 is 0 Å². The van der Waals surface area contributed by atoms with Crippen molar-refractivity contribution in [3.63, 3.8) is 0 Å². The summed E-state index contributed by atoms with van der Waals surface area (Å²) in [5.41, 5.74) is 2.62. The largest absolute Gasteiger partial charge is 0.507 e. The summed E-state index contributed by atoms with van der Waals surface area (Å²) >= 11 is 6.09. The van der Waals surface area contributed by atoms with Gasteiger partial charge in [0.25, 0.3) is 5.91 Å². The molecule has 1 heterocycles. The van der Waals surface area contributed by atoms with Gasteiger partial charge in [-0.1, -0.05) is 37.1 Å². The molecular weight excluding hydrogens is 440 g/mol. The highest BCUT2D eigenvalue weighted by atomic mass is 35.5. The van der Waals surface area contributed by atoms with E-state index in [-0.39, 0.29) is 29.6 Å². The van der Waals surface area contributed by atoms with Gasteiger partial charge in [0.15, 0.2) is 0 Å². The number of carbonyl (C=O) groups excluding carboxylic acids is 2. The molecule has 0 spiro atoms. The van der Waals surface area contributed by atoms with Crippen molar-refractivity contribution in [3.8, 4) is 17.0 Å². The monoisotopic (exact) mass is 466 g/mol. The third kappa shape index (κ3) is 4.88. The van der Waals surface area contributed by atoms with Gasteiger partial charge in [0.1, 0.15) is 5.75 Å². The minimum atomic E-state index is -0.369. The topological polar surface area (TPSA) is 96.3 Å². The Balaban J connectivity index is 1.59. The Morgan fingerprint density at radius 2 is 1.97 bits per heavy atom. The van der Waals surface area contributed by atoms with Crippen LogP contribution in [0.5, 0.6) is 5.75 Å². The first-order valence-corrected chi connectivity index (χ1v) is 11.5. The molecule has 2 amide bonds. The Kier molecular flexibility index (Phi) is 6.70. The molecule has 8 heteroatoms. The lowest BCUT2D eigenvalue weighted by Gasteiger charge is -2.25. The zero-order chi connectivity index (χ0) is 23.5. The molecule has 1 aliphatic carbocycles. The fourth-order valence-corrected chi connectivity index (χ4v) is 3.95. The fraction of sp³-hybridized carbons (Fsp3) is 0.320. The molecule has 1 saturated carbocycles. The SMILES string of the molecule is CCC(C)NC(=O)n1nc(-c2ccc(NC(=O)c3ccccc3Cl)cc2O)cc1C1CCC1. The molecule has 1 atom stereocenters. The number of hydrogen-bond acceptors (Lipinski definition) is 4. The van der Waals surface area contributed by atoms with Crippen LogP contribution in [-0.2, 0) is 0 Å². The number of nitrogens with zero attached hydrogens (tertiary/aromatic N) is 2. The molecule has 2 aromatic carbocycles. The number of hydrogen-bond donors (Lipinski definition) is 3. The van der Waals surface area contributed by atoms with E-state index in [1.165, 1.54) is 10.7 Å². The highest BCUT2D eigenvalue weighted by molar-refractivity contribution is 6.34. The lowest BCUT2D eigenvalue weighted by molar-refractivity contribution is 0.102. The summed E-state index contributed by atoms with van der Waals surface area (Å²) in [6.45, 7) is 3.96. The summed E-state index contributed by atoms with van der Waals surface area (Å²) in [5.74, 6) is -0.129. The predicted molar refractivity (Wildman–Crippen MR) is 129 cm³/mol. The molecule has 3 N–H and O–H groups in total. The predicted octanol–water partition coefficient (Wildman–Crippen LogP) is 5.79. The molecule has 7 nitrogen and oxygen atoms in total. The van der Waals surface area contributed by atoms with Gasteiger partial charge in [0.05, 0.1) is 22.0 Å². The summed E-state index contributed by atoms with van der Waals surface area (Å²) in [5, 5.41) is 21.3. The number of aromatic nitrogens is 2. The number of halogens is 1. The minimum absolute atomic E-state index is 0.0359. The van der Waals surface area contributed by atoms with Crippen LogP contribution >= 0.6 is 11.6 Å². The van der Waals surface area contributed by atoms with E-state index in [0.29, 0.717) is 27.5 Å². The number of nitrogens with one attached hydrogen (secondary N) is 2. The lowest BCUT2D eigenvalue weighted by atomic mass is 9.82. The molecule has 3 aromatic rings. The molecule has 1 fully saturated rings.